The van der Waals surface area contributed by atoms with Gasteiger partial charge in [0, 0.05) is 6.54 Å². The molecular formula is C25H23NO3. The Balaban J connectivity index is 1.42. The lowest BCUT2D eigenvalue weighted by atomic mass is 9.95. The highest BCUT2D eigenvalue weighted by atomic mass is 16.7. The first-order chi connectivity index (χ1) is 14.2. The smallest absolute Gasteiger partial charge is 0.357 e. The number of benzene rings is 3. The van der Waals surface area contributed by atoms with Gasteiger partial charge in [0.25, 0.3) is 0 Å². The lowest BCUT2D eigenvalue weighted by Crippen LogP contribution is -2.34. The predicted molar refractivity (Wildman–Crippen MR) is 112 cm³/mol. The van der Waals surface area contributed by atoms with Gasteiger partial charge in [0.1, 0.15) is 5.75 Å². The Hall–Kier alpha value is -3.11. The van der Waals surface area contributed by atoms with Gasteiger partial charge in [0.2, 0.25) is 0 Å². The van der Waals surface area contributed by atoms with Crippen molar-refractivity contribution in [2.45, 2.75) is 24.8 Å². The molecule has 0 aromatic heterocycles. The van der Waals surface area contributed by atoms with Crippen LogP contribution in [0.3, 0.4) is 0 Å². The molecule has 146 valence electrons. The van der Waals surface area contributed by atoms with Gasteiger partial charge in [-0.15, -0.1) is 5.06 Å². The minimum Gasteiger partial charge on any atom is -0.497 e. The third kappa shape index (κ3) is 3.30. The number of fused-ring (bicyclic) bond motifs is 5. The van der Waals surface area contributed by atoms with Crippen molar-refractivity contribution >= 4 is 5.97 Å². The van der Waals surface area contributed by atoms with Gasteiger partial charge in [0.05, 0.1) is 18.7 Å². The van der Waals surface area contributed by atoms with Crippen molar-refractivity contribution in [1.29, 1.82) is 0 Å². The molecule has 29 heavy (non-hydrogen) atoms. The zero-order valence-electron chi connectivity index (χ0n) is 16.4. The van der Waals surface area contributed by atoms with Crippen molar-refractivity contribution < 1.29 is 14.4 Å². The second kappa shape index (κ2) is 7.37. The monoisotopic (exact) mass is 385 g/mol. The van der Waals surface area contributed by atoms with Crippen LogP contribution in [0.15, 0.2) is 72.8 Å². The van der Waals surface area contributed by atoms with Gasteiger partial charge in [-0.05, 0) is 71.3 Å². The third-order valence-electron chi connectivity index (χ3n) is 6.07. The van der Waals surface area contributed by atoms with Crippen LogP contribution in [0.25, 0.3) is 11.1 Å². The first kappa shape index (κ1) is 18.0. The predicted octanol–water partition coefficient (Wildman–Crippen LogP) is 5.37. The summed E-state index contributed by atoms with van der Waals surface area (Å²) >= 11 is 0. The highest BCUT2D eigenvalue weighted by molar-refractivity contribution is 5.89. The van der Waals surface area contributed by atoms with E-state index >= 15 is 0 Å². The molecule has 0 N–H and O–H groups in total. The van der Waals surface area contributed by atoms with Gasteiger partial charge in [-0.3, -0.25) is 0 Å². The van der Waals surface area contributed by atoms with E-state index in [9.17, 15) is 4.79 Å². The number of methoxy groups -OCH3 is 1. The van der Waals surface area contributed by atoms with Gasteiger partial charge < -0.3 is 9.57 Å². The van der Waals surface area contributed by atoms with Crippen LogP contribution < -0.4 is 4.74 Å². The van der Waals surface area contributed by atoms with E-state index in [2.05, 4.69) is 30.3 Å². The van der Waals surface area contributed by atoms with Gasteiger partial charge in [-0.2, -0.15) is 0 Å². The molecule has 0 amide bonds. The summed E-state index contributed by atoms with van der Waals surface area (Å²) in [6, 6.07) is 24.1. The molecule has 3 aromatic rings. The first-order valence-corrected chi connectivity index (χ1v) is 10.0. The van der Waals surface area contributed by atoms with E-state index in [0.717, 1.165) is 30.7 Å². The molecule has 2 atom stereocenters. The molecule has 5 rings (SSSR count). The molecule has 0 spiro atoms. The fraction of sp³-hybridized carbons (Fsp3) is 0.240. The van der Waals surface area contributed by atoms with Crippen LogP contribution in [0.5, 0.6) is 5.75 Å². The van der Waals surface area contributed by atoms with Crippen molar-refractivity contribution in [2.75, 3.05) is 13.7 Å². The number of hydrogen-bond donors (Lipinski definition) is 0. The topological polar surface area (TPSA) is 38.8 Å². The van der Waals surface area contributed by atoms with Crippen molar-refractivity contribution in [2.24, 2.45) is 0 Å². The second-order valence-corrected chi connectivity index (χ2v) is 7.69. The zero-order valence-corrected chi connectivity index (χ0v) is 16.4. The fourth-order valence-electron chi connectivity index (χ4n) is 4.55. The number of carbonyl (C=O) groups excluding carboxylic acids is 1. The molecular weight excluding hydrogens is 362 g/mol. The third-order valence-corrected chi connectivity index (χ3v) is 6.07. The van der Waals surface area contributed by atoms with Crippen molar-refractivity contribution in [3.8, 4) is 16.9 Å². The molecule has 3 aromatic carbocycles. The number of nitrogens with zero attached hydrogens (tertiary/aromatic N) is 1. The second-order valence-electron chi connectivity index (χ2n) is 7.69. The van der Waals surface area contributed by atoms with Crippen LogP contribution in [-0.2, 0) is 4.84 Å². The maximum Gasteiger partial charge on any atom is 0.357 e. The molecule has 4 nitrogen and oxygen atoms in total. The number of piperidine rings is 1. The number of ether oxygens (including phenoxy) is 1. The van der Waals surface area contributed by atoms with E-state index in [1.807, 2.05) is 35.4 Å². The summed E-state index contributed by atoms with van der Waals surface area (Å²) in [4.78, 5) is 18.4. The molecule has 1 aliphatic heterocycles. The average molecular weight is 385 g/mol. The fourth-order valence-corrected chi connectivity index (χ4v) is 4.55. The standard InChI is InChI=1S/C25H23NO3/c1-28-21-10-7-17(8-11-21)19-9-12-22-20-13-14-26(24(16-20)23(22)15-19)29-25(27)18-5-3-2-4-6-18/h2-12,15,20,24H,13-14,16H2,1H3. The van der Waals surface area contributed by atoms with E-state index < -0.39 is 0 Å². The lowest BCUT2D eigenvalue weighted by molar-refractivity contribution is -0.150. The van der Waals surface area contributed by atoms with E-state index in [-0.39, 0.29) is 12.0 Å². The summed E-state index contributed by atoms with van der Waals surface area (Å²) in [5.74, 6) is 1.11. The highest BCUT2D eigenvalue weighted by Gasteiger charge is 2.41. The normalized spacial score (nSPS) is 20.2. The summed E-state index contributed by atoms with van der Waals surface area (Å²) < 4.78 is 5.27. The minimum absolute atomic E-state index is 0.120. The Kier molecular flexibility index (Phi) is 4.57. The molecule has 4 heteroatoms. The molecule has 1 saturated heterocycles. The van der Waals surface area contributed by atoms with Gasteiger partial charge in [-0.1, -0.05) is 42.5 Å². The molecule has 0 radical (unpaired) electrons. The van der Waals surface area contributed by atoms with Crippen molar-refractivity contribution in [3.63, 3.8) is 0 Å². The molecule has 0 saturated carbocycles. The molecule has 2 unspecified atom stereocenters. The summed E-state index contributed by atoms with van der Waals surface area (Å²) in [5.41, 5.74) is 5.59. The zero-order chi connectivity index (χ0) is 19.8. The summed E-state index contributed by atoms with van der Waals surface area (Å²) in [5, 5.41) is 1.88. The minimum atomic E-state index is -0.288. The summed E-state index contributed by atoms with van der Waals surface area (Å²) in [6.45, 7) is 0.764. The molecule has 1 heterocycles. The van der Waals surface area contributed by atoms with Gasteiger partial charge in [0.15, 0.2) is 0 Å². The van der Waals surface area contributed by atoms with Crippen molar-refractivity contribution in [1.82, 2.24) is 5.06 Å². The van der Waals surface area contributed by atoms with Crippen LogP contribution >= 0.6 is 0 Å². The molecule has 1 fully saturated rings. The van der Waals surface area contributed by atoms with Crippen LogP contribution in [-0.4, -0.2) is 24.7 Å². The summed E-state index contributed by atoms with van der Waals surface area (Å²) in [7, 11) is 1.68. The number of hydroxylamine groups is 2. The average Bonchev–Trinajstić information content (AvgIpc) is 3.08. The first-order valence-electron chi connectivity index (χ1n) is 10.0. The van der Waals surface area contributed by atoms with Gasteiger partial charge in [-0.25, -0.2) is 4.79 Å². The van der Waals surface area contributed by atoms with Crippen molar-refractivity contribution in [3.05, 3.63) is 89.5 Å². The summed E-state index contributed by atoms with van der Waals surface area (Å²) in [6.07, 6.45) is 2.01. The highest BCUT2D eigenvalue weighted by Crippen LogP contribution is 2.50. The van der Waals surface area contributed by atoms with E-state index in [0.29, 0.717) is 11.5 Å². The van der Waals surface area contributed by atoms with Crippen LogP contribution in [0, 0.1) is 0 Å². The Morgan fingerprint density at radius 2 is 1.69 bits per heavy atom. The molecule has 2 aliphatic rings. The quantitative estimate of drug-likeness (QED) is 0.605. The number of carbonyl (C=O) groups is 1. The van der Waals surface area contributed by atoms with Crippen LogP contribution in [0.4, 0.5) is 0 Å². The Labute approximate surface area is 170 Å². The Bertz CT molecular complexity index is 1030. The number of hydrogen-bond acceptors (Lipinski definition) is 4. The van der Waals surface area contributed by atoms with E-state index in [1.54, 1.807) is 19.2 Å². The van der Waals surface area contributed by atoms with E-state index in [4.69, 9.17) is 9.57 Å². The van der Waals surface area contributed by atoms with Gasteiger partial charge >= 0.3 is 5.97 Å². The maximum atomic E-state index is 12.6. The van der Waals surface area contributed by atoms with E-state index in [1.165, 1.54) is 16.7 Å². The maximum absolute atomic E-state index is 12.6. The Morgan fingerprint density at radius 3 is 2.45 bits per heavy atom. The SMILES string of the molecule is COc1ccc(-c2ccc3c(c2)C2CC3CCN2OC(=O)c2ccccc2)cc1. The van der Waals surface area contributed by atoms with Crippen LogP contribution in [0.2, 0.25) is 0 Å². The molecule has 1 aliphatic carbocycles. The lowest BCUT2D eigenvalue weighted by Gasteiger charge is -2.31. The largest absolute Gasteiger partial charge is 0.497 e. The van der Waals surface area contributed by atoms with Crippen LogP contribution in [0.1, 0.15) is 46.3 Å². The Morgan fingerprint density at radius 1 is 0.931 bits per heavy atom. The number of rotatable bonds is 4. The molecule has 2 bridgehead atoms.